The van der Waals surface area contributed by atoms with Crippen LogP contribution < -0.4 is 10.1 Å². The summed E-state index contributed by atoms with van der Waals surface area (Å²) in [7, 11) is 0. The molecule has 0 aromatic heterocycles. The Labute approximate surface area is 128 Å². The van der Waals surface area contributed by atoms with Crippen LogP contribution in [0.25, 0.3) is 0 Å². The van der Waals surface area contributed by atoms with E-state index in [2.05, 4.69) is 42.3 Å². The zero-order valence-corrected chi connectivity index (χ0v) is 13.4. The lowest BCUT2D eigenvalue weighted by Gasteiger charge is -2.23. The number of hydrogen-bond acceptors (Lipinski definition) is 3. The second kappa shape index (κ2) is 6.80. The molecule has 2 aliphatic heterocycles. The number of ether oxygens (including phenoxy) is 1. The number of fused-ring (bicyclic) bond motifs is 2. The van der Waals surface area contributed by atoms with E-state index < -0.39 is 0 Å². The quantitative estimate of drug-likeness (QED) is 0.843. The predicted molar refractivity (Wildman–Crippen MR) is 87.0 cm³/mol. The van der Waals surface area contributed by atoms with E-state index in [-0.39, 0.29) is 0 Å². The molecule has 2 fully saturated rings. The summed E-state index contributed by atoms with van der Waals surface area (Å²) in [5.41, 5.74) is 2.55. The highest BCUT2D eigenvalue weighted by Gasteiger charge is 2.28. The van der Waals surface area contributed by atoms with Crippen LogP contribution >= 0.6 is 0 Å². The van der Waals surface area contributed by atoms with Crippen LogP contribution in [0.4, 0.5) is 0 Å². The summed E-state index contributed by atoms with van der Waals surface area (Å²) in [5, 5.41) is 3.74. The van der Waals surface area contributed by atoms with Crippen molar-refractivity contribution in [3.8, 4) is 5.75 Å². The van der Waals surface area contributed by atoms with Gasteiger partial charge in [0.2, 0.25) is 0 Å². The zero-order chi connectivity index (χ0) is 14.7. The fraction of sp³-hybridized carbons (Fsp3) is 0.667. The lowest BCUT2D eigenvalue weighted by molar-refractivity contribution is 0.225. The molecule has 0 amide bonds. The maximum atomic E-state index is 5.91. The van der Waals surface area contributed by atoms with E-state index in [1.807, 2.05) is 0 Å². The monoisotopic (exact) mass is 288 g/mol. The Hall–Kier alpha value is -1.06. The highest BCUT2D eigenvalue weighted by atomic mass is 16.5. The maximum Gasteiger partial charge on any atom is 0.119 e. The van der Waals surface area contributed by atoms with Crippen molar-refractivity contribution in [2.45, 2.75) is 51.6 Å². The Balaban J connectivity index is 1.40. The van der Waals surface area contributed by atoms with Gasteiger partial charge < -0.3 is 15.0 Å². The largest absolute Gasteiger partial charge is 0.494 e. The molecule has 3 heteroatoms. The first-order valence-electron chi connectivity index (χ1n) is 8.38. The molecule has 21 heavy (non-hydrogen) atoms. The Bertz CT molecular complexity index is 454. The molecule has 3 rings (SSSR count). The number of rotatable bonds is 5. The van der Waals surface area contributed by atoms with Crippen molar-refractivity contribution in [2.75, 3.05) is 26.2 Å². The van der Waals surface area contributed by atoms with Gasteiger partial charge in [-0.3, -0.25) is 0 Å². The average Bonchev–Trinajstić information content (AvgIpc) is 2.75. The first kappa shape index (κ1) is 14.9. The highest BCUT2D eigenvalue weighted by molar-refractivity contribution is 5.32. The van der Waals surface area contributed by atoms with E-state index in [9.17, 15) is 0 Å². The van der Waals surface area contributed by atoms with Crippen molar-refractivity contribution >= 4 is 0 Å². The Kier molecular flexibility index (Phi) is 4.81. The van der Waals surface area contributed by atoms with Gasteiger partial charge in [-0.2, -0.15) is 0 Å². The van der Waals surface area contributed by atoms with Crippen molar-refractivity contribution in [1.29, 1.82) is 0 Å². The van der Waals surface area contributed by atoms with Gasteiger partial charge in [0.15, 0.2) is 0 Å². The van der Waals surface area contributed by atoms with Gasteiger partial charge in [-0.05, 0) is 69.3 Å². The summed E-state index contributed by atoms with van der Waals surface area (Å²) in [4.78, 5) is 2.61. The van der Waals surface area contributed by atoms with Crippen LogP contribution in [0.15, 0.2) is 18.2 Å². The third-order valence-corrected chi connectivity index (χ3v) is 4.69. The Morgan fingerprint density at radius 2 is 1.86 bits per heavy atom. The fourth-order valence-corrected chi connectivity index (χ4v) is 3.71. The van der Waals surface area contributed by atoms with Crippen molar-refractivity contribution in [3.05, 3.63) is 29.3 Å². The Morgan fingerprint density at radius 1 is 1.10 bits per heavy atom. The van der Waals surface area contributed by atoms with Crippen LogP contribution in [0.1, 0.15) is 36.8 Å². The van der Waals surface area contributed by atoms with Gasteiger partial charge in [0, 0.05) is 25.2 Å². The molecule has 3 nitrogen and oxygen atoms in total. The van der Waals surface area contributed by atoms with Gasteiger partial charge in [-0.15, -0.1) is 0 Å². The van der Waals surface area contributed by atoms with Crippen molar-refractivity contribution < 1.29 is 4.74 Å². The van der Waals surface area contributed by atoms with Crippen LogP contribution in [0.3, 0.4) is 0 Å². The molecule has 116 valence electrons. The van der Waals surface area contributed by atoms with E-state index in [0.29, 0.717) is 0 Å². The summed E-state index contributed by atoms with van der Waals surface area (Å²) in [6, 6.07) is 7.96. The summed E-state index contributed by atoms with van der Waals surface area (Å²) in [5.74, 6) is 1.02. The second-order valence-corrected chi connectivity index (χ2v) is 6.75. The lowest BCUT2D eigenvalue weighted by atomic mass is 10.1. The number of aryl methyl sites for hydroxylation is 2. The van der Waals surface area contributed by atoms with E-state index >= 15 is 0 Å². The number of hydrogen-bond donors (Lipinski definition) is 1. The highest BCUT2D eigenvalue weighted by Crippen LogP contribution is 2.20. The third kappa shape index (κ3) is 4.21. The van der Waals surface area contributed by atoms with Crippen molar-refractivity contribution in [1.82, 2.24) is 10.2 Å². The summed E-state index contributed by atoms with van der Waals surface area (Å²) < 4.78 is 5.91. The van der Waals surface area contributed by atoms with Gasteiger partial charge in [-0.25, -0.2) is 0 Å². The molecular weight excluding hydrogens is 260 g/mol. The molecule has 2 bridgehead atoms. The summed E-state index contributed by atoms with van der Waals surface area (Å²) in [6.07, 6.45) is 5.17. The lowest BCUT2D eigenvalue weighted by Crippen LogP contribution is -2.36. The molecule has 2 aliphatic rings. The van der Waals surface area contributed by atoms with E-state index in [0.717, 1.165) is 37.4 Å². The molecule has 0 saturated carbocycles. The first-order valence-corrected chi connectivity index (χ1v) is 8.38. The van der Waals surface area contributed by atoms with Crippen molar-refractivity contribution in [3.63, 3.8) is 0 Å². The van der Waals surface area contributed by atoms with Gasteiger partial charge in [0.25, 0.3) is 0 Å². The van der Waals surface area contributed by atoms with Crippen LogP contribution in [0, 0.1) is 13.8 Å². The molecule has 0 spiro atoms. The van der Waals surface area contributed by atoms with E-state index in [4.69, 9.17) is 4.74 Å². The molecule has 2 atom stereocenters. The minimum atomic E-state index is 0.734. The smallest absolute Gasteiger partial charge is 0.119 e. The van der Waals surface area contributed by atoms with Gasteiger partial charge in [-0.1, -0.05) is 6.07 Å². The molecule has 1 aromatic rings. The minimum Gasteiger partial charge on any atom is -0.494 e. The van der Waals surface area contributed by atoms with Gasteiger partial charge in [0.05, 0.1) is 6.61 Å². The number of benzene rings is 1. The third-order valence-electron chi connectivity index (χ3n) is 4.69. The summed E-state index contributed by atoms with van der Waals surface area (Å²) >= 11 is 0. The van der Waals surface area contributed by atoms with Gasteiger partial charge >= 0.3 is 0 Å². The van der Waals surface area contributed by atoms with Gasteiger partial charge in [0.1, 0.15) is 5.75 Å². The molecule has 1 aromatic carbocycles. The van der Waals surface area contributed by atoms with Crippen LogP contribution in [-0.2, 0) is 0 Å². The number of nitrogens with zero attached hydrogens (tertiary/aromatic N) is 1. The molecule has 0 aliphatic carbocycles. The average molecular weight is 288 g/mol. The first-order chi connectivity index (χ1) is 10.2. The molecule has 2 unspecified atom stereocenters. The normalized spacial score (nSPS) is 25.8. The molecule has 2 saturated heterocycles. The topological polar surface area (TPSA) is 24.5 Å². The van der Waals surface area contributed by atoms with E-state index in [1.54, 1.807) is 0 Å². The zero-order valence-electron chi connectivity index (χ0n) is 13.4. The maximum absolute atomic E-state index is 5.91. The van der Waals surface area contributed by atoms with Crippen LogP contribution in [0.5, 0.6) is 5.75 Å². The molecule has 0 radical (unpaired) electrons. The number of nitrogens with one attached hydrogen (secondary N) is 1. The number of likely N-dealkylation sites (tertiary alicyclic amines) is 1. The summed E-state index contributed by atoms with van der Waals surface area (Å²) in [6.45, 7) is 8.70. The predicted octanol–water partition coefficient (Wildman–Crippen LogP) is 2.90. The second-order valence-electron chi connectivity index (χ2n) is 6.75. The Morgan fingerprint density at radius 3 is 2.67 bits per heavy atom. The van der Waals surface area contributed by atoms with Crippen LogP contribution in [0.2, 0.25) is 0 Å². The molecule has 2 heterocycles. The van der Waals surface area contributed by atoms with Crippen molar-refractivity contribution in [2.24, 2.45) is 0 Å². The molecular formula is C18H28N2O. The van der Waals surface area contributed by atoms with E-state index in [1.165, 1.54) is 43.5 Å². The SMILES string of the molecule is Cc1cc(C)cc(OCCCN2CCC3CCC(C2)N3)c1. The fourth-order valence-electron chi connectivity index (χ4n) is 3.71. The molecule has 1 N–H and O–H groups in total. The minimum absolute atomic E-state index is 0.734. The standard InChI is InChI=1S/C18H28N2O/c1-14-10-15(2)12-18(11-14)21-9-3-7-20-8-6-16-4-5-17(13-20)19-16/h10-12,16-17,19H,3-9,13H2,1-2H3. The van der Waals surface area contributed by atoms with Crippen LogP contribution in [-0.4, -0.2) is 43.2 Å².